The molecule has 0 radical (unpaired) electrons. The zero-order valence-corrected chi connectivity index (χ0v) is 15.2. The van der Waals surface area contributed by atoms with Gasteiger partial charge in [0.25, 0.3) is 0 Å². The highest BCUT2D eigenvalue weighted by atomic mass is 16.5. The van der Waals surface area contributed by atoms with E-state index in [9.17, 15) is 0 Å². The first-order valence-corrected chi connectivity index (χ1v) is 8.92. The molecule has 0 aliphatic carbocycles. The average molecular weight is 353 g/mol. The number of hydrogen-bond donors (Lipinski definition) is 0. The molecular weight excluding hydrogens is 330 g/mol. The Balaban J connectivity index is 1.30. The lowest BCUT2D eigenvalue weighted by Crippen LogP contribution is -2.45. The van der Waals surface area contributed by atoms with Gasteiger partial charge in [0.15, 0.2) is 5.76 Å². The maximum absolute atomic E-state index is 5.85. The number of aromatic nitrogens is 3. The molecule has 1 aliphatic rings. The Morgan fingerprint density at radius 2 is 1.73 bits per heavy atom. The van der Waals surface area contributed by atoms with Crippen LogP contribution in [0.1, 0.15) is 22.9 Å². The molecule has 0 atom stereocenters. The van der Waals surface area contributed by atoms with Crippen LogP contribution in [0.15, 0.2) is 39.3 Å². The van der Waals surface area contributed by atoms with Gasteiger partial charge in [0.05, 0.1) is 18.8 Å². The molecule has 1 aromatic carbocycles. The first kappa shape index (κ1) is 16.9. The lowest BCUT2D eigenvalue weighted by Gasteiger charge is -2.33. The third-order valence-corrected chi connectivity index (χ3v) is 4.61. The number of piperazine rings is 1. The van der Waals surface area contributed by atoms with E-state index in [1.807, 2.05) is 25.1 Å². The summed E-state index contributed by atoms with van der Waals surface area (Å²) in [4.78, 5) is 4.72. The van der Waals surface area contributed by atoms with Crippen molar-refractivity contribution < 1.29 is 8.94 Å². The van der Waals surface area contributed by atoms with Crippen LogP contribution in [0.2, 0.25) is 0 Å². The molecule has 0 N–H and O–H groups in total. The fraction of sp³-hybridized carbons (Fsp3) is 0.421. The topological polar surface area (TPSA) is 71.4 Å². The van der Waals surface area contributed by atoms with Crippen LogP contribution in [-0.2, 0) is 13.1 Å². The molecule has 1 aliphatic heterocycles. The Morgan fingerprint density at radius 1 is 0.962 bits per heavy atom. The van der Waals surface area contributed by atoms with E-state index in [1.54, 1.807) is 0 Å². The van der Waals surface area contributed by atoms with Crippen molar-refractivity contribution in [3.63, 3.8) is 0 Å². The molecule has 4 rings (SSSR count). The Bertz CT molecular complexity index is 864. The van der Waals surface area contributed by atoms with Crippen molar-refractivity contribution in [3.8, 4) is 11.5 Å². The summed E-state index contributed by atoms with van der Waals surface area (Å²) in [5, 5.41) is 12.3. The van der Waals surface area contributed by atoms with Crippen molar-refractivity contribution >= 4 is 0 Å². The minimum Gasteiger partial charge on any atom is -0.419 e. The summed E-state index contributed by atoms with van der Waals surface area (Å²) >= 11 is 0. The molecule has 0 saturated carbocycles. The van der Waals surface area contributed by atoms with Crippen LogP contribution < -0.4 is 0 Å². The van der Waals surface area contributed by atoms with Gasteiger partial charge in [-0.3, -0.25) is 9.80 Å². The van der Waals surface area contributed by atoms with Crippen molar-refractivity contribution in [2.75, 3.05) is 26.2 Å². The molecule has 0 bridgehead atoms. The smallest absolute Gasteiger partial charge is 0.247 e. The largest absolute Gasteiger partial charge is 0.419 e. The number of rotatable bonds is 5. The van der Waals surface area contributed by atoms with Crippen molar-refractivity contribution in [2.45, 2.75) is 26.9 Å². The van der Waals surface area contributed by atoms with Crippen LogP contribution in [0.3, 0.4) is 0 Å². The SMILES string of the molecule is Cc1cccc(-c2nnc(CN3CCN(Cc4cc(C)no4)CC3)o2)c1. The van der Waals surface area contributed by atoms with Gasteiger partial charge >= 0.3 is 0 Å². The minimum atomic E-state index is 0.586. The van der Waals surface area contributed by atoms with Crippen LogP contribution in [0, 0.1) is 13.8 Å². The second kappa shape index (κ2) is 7.39. The van der Waals surface area contributed by atoms with Crippen LogP contribution >= 0.6 is 0 Å². The van der Waals surface area contributed by atoms with Gasteiger partial charge in [-0.05, 0) is 26.0 Å². The minimum absolute atomic E-state index is 0.586. The maximum atomic E-state index is 5.85. The van der Waals surface area contributed by atoms with Gasteiger partial charge in [0.1, 0.15) is 0 Å². The van der Waals surface area contributed by atoms with E-state index >= 15 is 0 Å². The lowest BCUT2D eigenvalue weighted by atomic mass is 10.1. The van der Waals surface area contributed by atoms with E-state index in [2.05, 4.69) is 44.2 Å². The Morgan fingerprint density at radius 3 is 2.42 bits per heavy atom. The van der Waals surface area contributed by atoms with E-state index < -0.39 is 0 Å². The van der Waals surface area contributed by atoms with E-state index in [0.29, 0.717) is 18.3 Å². The van der Waals surface area contributed by atoms with Crippen molar-refractivity contribution in [1.29, 1.82) is 0 Å². The Labute approximate surface area is 152 Å². The zero-order valence-electron chi connectivity index (χ0n) is 15.2. The van der Waals surface area contributed by atoms with Crippen LogP contribution in [0.25, 0.3) is 11.5 Å². The molecule has 3 heterocycles. The predicted molar refractivity (Wildman–Crippen MR) is 96.3 cm³/mol. The second-order valence-electron chi connectivity index (χ2n) is 6.86. The van der Waals surface area contributed by atoms with Gasteiger partial charge in [-0.2, -0.15) is 0 Å². The van der Waals surface area contributed by atoms with Gasteiger partial charge < -0.3 is 8.94 Å². The zero-order chi connectivity index (χ0) is 17.9. The van der Waals surface area contributed by atoms with Gasteiger partial charge in [-0.15, -0.1) is 10.2 Å². The highest BCUT2D eigenvalue weighted by molar-refractivity contribution is 5.53. The Kier molecular flexibility index (Phi) is 4.81. The average Bonchev–Trinajstić information content (AvgIpc) is 3.26. The van der Waals surface area contributed by atoms with Gasteiger partial charge in [-0.25, -0.2) is 0 Å². The third kappa shape index (κ3) is 4.00. The molecule has 3 aromatic rings. The molecule has 2 aromatic heterocycles. The third-order valence-electron chi connectivity index (χ3n) is 4.61. The van der Waals surface area contributed by atoms with Crippen LogP contribution in [0.4, 0.5) is 0 Å². The summed E-state index contributed by atoms with van der Waals surface area (Å²) in [7, 11) is 0. The number of benzene rings is 1. The molecule has 1 fully saturated rings. The fourth-order valence-electron chi connectivity index (χ4n) is 3.22. The highest BCUT2D eigenvalue weighted by Gasteiger charge is 2.20. The maximum Gasteiger partial charge on any atom is 0.247 e. The van der Waals surface area contributed by atoms with Crippen molar-refractivity contribution in [1.82, 2.24) is 25.2 Å². The lowest BCUT2D eigenvalue weighted by molar-refractivity contribution is 0.107. The second-order valence-corrected chi connectivity index (χ2v) is 6.86. The van der Waals surface area contributed by atoms with Gasteiger partial charge in [0, 0.05) is 37.8 Å². The summed E-state index contributed by atoms with van der Waals surface area (Å²) in [5.41, 5.74) is 3.08. The molecular formula is C19H23N5O2. The summed E-state index contributed by atoms with van der Waals surface area (Å²) in [5.74, 6) is 2.18. The first-order valence-electron chi connectivity index (χ1n) is 8.92. The van der Waals surface area contributed by atoms with E-state index in [0.717, 1.165) is 49.7 Å². The summed E-state index contributed by atoms with van der Waals surface area (Å²) in [6.45, 7) is 9.41. The molecule has 26 heavy (non-hydrogen) atoms. The molecule has 0 unspecified atom stereocenters. The van der Waals surface area contributed by atoms with E-state index in [1.165, 1.54) is 5.56 Å². The Hall–Kier alpha value is -2.51. The highest BCUT2D eigenvalue weighted by Crippen LogP contribution is 2.20. The normalized spacial score (nSPS) is 16.2. The van der Waals surface area contributed by atoms with Crippen LogP contribution in [-0.4, -0.2) is 51.3 Å². The van der Waals surface area contributed by atoms with E-state index in [4.69, 9.17) is 8.94 Å². The van der Waals surface area contributed by atoms with Crippen molar-refractivity contribution in [2.24, 2.45) is 0 Å². The standard InChI is InChI=1S/C19H23N5O2/c1-14-4-3-5-16(10-14)19-21-20-18(25-19)13-24-8-6-23(7-9-24)12-17-11-15(2)22-26-17/h3-5,10-11H,6-9,12-13H2,1-2H3. The first-order chi connectivity index (χ1) is 12.7. The van der Waals surface area contributed by atoms with Crippen LogP contribution in [0.5, 0.6) is 0 Å². The van der Waals surface area contributed by atoms with E-state index in [-0.39, 0.29) is 0 Å². The summed E-state index contributed by atoms with van der Waals surface area (Å²) < 4.78 is 11.2. The molecule has 7 heteroatoms. The summed E-state index contributed by atoms with van der Waals surface area (Å²) in [6.07, 6.45) is 0. The fourth-order valence-corrected chi connectivity index (χ4v) is 3.22. The molecule has 1 saturated heterocycles. The number of aryl methyl sites for hydroxylation is 2. The molecule has 0 amide bonds. The van der Waals surface area contributed by atoms with Gasteiger partial charge in [-0.1, -0.05) is 22.9 Å². The molecule has 0 spiro atoms. The van der Waals surface area contributed by atoms with Gasteiger partial charge in [0.2, 0.25) is 11.8 Å². The number of hydrogen-bond acceptors (Lipinski definition) is 7. The predicted octanol–water partition coefficient (Wildman–Crippen LogP) is 2.66. The molecule has 136 valence electrons. The summed E-state index contributed by atoms with van der Waals surface area (Å²) in [6, 6.07) is 10.1. The number of nitrogens with zero attached hydrogens (tertiary/aromatic N) is 5. The quantitative estimate of drug-likeness (QED) is 0.698. The van der Waals surface area contributed by atoms with Crippen molar-refractivity contribution in [3.05, 3.63) is 53.2 Å². The molecule has 7 nitrogen and oxygen atoms in total. The monoisotopic (exact) mass is 353 g/mol.